The van der Waals surface area contributed by atoms with Crippen molar-refractivity contribution < 1.29 is 23.1 Å². The number of ether oxygens (including phenoxy) is 1. The molecule has 0 radical (unpaired) electrons. The molecule has 2 aromatic carbocycles. The number of carbonyl (C=O) groups is 1. The van der Waals surface area contributed by atoms with E-state index in [-0.39, 0.29) is 22.3 Å². The van der Waals surface area contributed by atoms with Crippen LogP contribution in [0.2, 0.25) is 0 Å². The third kappa shape index (κ3) is 3.79. The number of anilines is 1. The van der Waals surface area contributed by atoms with Crippen LogP contribution in [-0.2, 0) is 14.8 Å². The fourth-order valence-corrected chi connectivity index (χ4v) is 3.61. The number of nitrogens with zero attached hydrogens (tertiary/aromatic N) is 2. The third-order valence-electron chi connectivity index (χ3n) is 4.05. The lowest BCUT2D eigenvalue weighted by molar-refractivity contribution is -0.114. The van der Waals surface area contributed by atoms with Crippen molar-refractivity contribution in [2.75, 3.05) is 12.1 Å². The summed E-state index contributed by atoms with van der Waals surface area (Å²) in [5, 5.41) is 20.4. The molecule has 28 heavy (non-hydrogen) atoms. The van der Waals surface area contributed by atoms with E-state index in [0.29, 0.717) is 27.0 Å². The molecule has 3 N–H and O–H groups in total. The number of phenols is 1. The number of hydrazone groups is 1. The van der Waals surface area contributed by atoms with Crippen LogP contribution < -0.4 is 14.9 Å². The summed E-state index contributed by atoms with van der Waals surface area (Å²) in [6.45, 7) is 1.69. The molecule has 1 amide bonds. The summed E-state index contributed by atoms with van der Waals surface area (Å²) in [6, 6.07) is 8.78. The summed E-state index contributed by atoms with van der Waals surface area (Å²) in [5.41, 5.74) is 1.88. The minimum absolute atomic E-state index is 0.0376. The molecule has 0 saturated carbocycles. The Bertz CT molecular complexity index is 1120. The van der Waals surface area contributed by atoms with Gasteiger partial charge in [0, 0.05) is 0 Å². The molecule has 0 fully saturated rings. The van der Waals surface area contributed by atoms with Crippen LogP contribution in [0.4, 0.5) is 5.69 Å². The number of hydrogen-bond acceptors (Lipinski definition) is 6. The lowest BCUT2D eigenvalue weighted by atomic mass is 10.1. The van der Waals surface area contributed by atoms with Gasteiger partial charge in [-0.25, -0.2) is 13.6 Å². The first-order chi connectivity index (χ1) is 13.1. The molecule has 1 aliphatic rings. The van der Waals surface area contributed by atoms with Gasteiger partial charge in [-0.1, -0.05) is 0 Å². The van der Waals surface area contributed by atoms with E-state index in [4.69, 9.17) is 9.88 Å². The lowest BCUT2D eigenvalue weighted by Gasteiger charge is -2.12. The number of carbonyl (C=O) groups excluding carboxylic acids is 1. The largest absolute Gasteiger partial charge is 0.503 e. The normalized spacial score (nSPS) is 15.9. The highest BCUT2D eigenvalue weighted by Gasteiger charge is 2.29. The average molecular weight is 466 g/mol. The number of sulfonamides is 1. The Kier molecular flexibility index (Phi) is 5.28. The number of nitrogens with two attached hydrogens (primary N) is 1. The molecule has 0 unspecified atom stereocenters. The minimum atomic E-state index is -3.82. The lowest BCUT2D eigenvalue weighted by Crippen LogP contribution is -2.21. The summed E-state index contributed by atoms with van der Waals surface area (Å²) >= 11 is 3.24. The zero-order chi connectivity index (χ0) is 20.6. The number of benzene rings is 2. The fourth-order valence-electron chi connectivity index (χ4n) is 2.64. The van der Waals surface area contributed by atoms with Crippen molar-refractivity contribution in [3.63, 3.8) is 0 Å². The SMILES string of the molecule is COc1cc(/C=C2\C(=O)N(c3ccc(S(N)(=O)=O)cc3)N=C2C)cc(Br)c1O. The van der Waals surface area contributed by atoms with E-state index in [9.17, 15) is 18.3 Å². The maximum absolute atomic E-state index is 12.8. The van der Waals surface area contributed by atoms with Crippen molar-refractivity contribution in [2.45, 2.75) is 11.8 Å². The van der Waals surface area contributed by atoms with Crippen LogP contribution >= 0.6 is 15.9 Å². The summed E-state index contributed by atoms with van der Waals surface area (Å²) in [6.07, 6.45) is 1.63. The van der Waals surface area contributed by atoms with Crippen molar-refractivity contribution in [1.29, 1.82) is 0 Å². The van der Waals surface area contributed by atoms with Crippen molar-refractivity contribution in [2.24, 2.45) is 10.2 Å². The first kappa shape index (κ1) is 20.1. The summed E-state index contributed by atoms with van der Waals surface area (Å²) in [4.78, 5) is 12.8. The minimum Gasteiger partial charge on any atom is -0.503 e. The zero-order valence-corrected chi connectivity index (χ0v) is 17.3. The van der Waals surface area contributed by atoms with E-state index >= 15 is 0 Å². The van der Waals surface area contributed by atoms with Gasteiger partial charge in [-0.15, -0.1) is 0 Å². The van der Waals surface area contributed by atoms with Crippen molar-refractivity contribution in [1.82, 2.24) is 0 Å². The van der Waals surface area contributed by atoms with Crippen LogP contribution in [0.25, 0.3) is 6.08 Å². The molecule has 8 nitrogen and oxygen atoms in total. The predicted octanol–water partition coefficient (Wildman–Crippen LogP) is 2.62. The molecule has 0 saturated heterocycles. The molecule has 0 aliphatic carbocycles. The van der Waals surface area contributed by atoms with E-state index in [2.05, 4.69) is 21.0 Å². The van der Waals surface area contributed by atoms with Gasteiger partial charge >= 0.3 is 0 Å². The van der Waals surface area contributed by atoms with Gasteiger partial charge in [0.15, 0.2) is 11.5 Å². The molecule has 0 atom stereocenters. The quantitative estimate of drug-likeness (QED) is 0.671. The van der Waals surface area contributed by atoms with Gasteiger partial charge in [0.05, 0.1) is 33.5 Å². The molecule has 2 aromatic rings. The number of hydrogen-bond donors (Lipinski definition) is 2. The van der Waals surface area contributed by atoms with Crippen molar-refractivity contribution >= 4 is 49.3 Å². The Morgan fingerprint density at radius 1 is 1.25 bits per heavy atom. The molecule has 0 aromatic heterocycles. The van der Waals surface area contributed by atoms with Gasteiger partial charge in [0.2, 0.25) is 10.0 Å². The van der Waals surface area contributed by atoms with Crippen LogP contribution in [-0.4, -0.2) is 32.3 Å². The predicted molar refractivity (Wildman–Crippen MR) is 109 cm³/mol. The number of primary sulfonamides is 1. The van der Waals surface area contributed by atoms with Crippen molar-refractivity contribution in [3.8, 4) is 11.5 Å². The third-order valence-corrected chi connectivity index (χ3v) is 5.59. The maximum atomic E-state index is 12.8. The monoisotopic (exact) mass is 465 g/mol. The van der Waals surface area contributed by atoms with Gasteiger partial charge in [0.1, 0.15) is 0 Å². The molecule has 1 aliphatic heterocycles. The highest BCUT2D eigenvalue weighted by Crippen LogP contribution is 2.36. The van der Waals surface area contributed by atoms with E-state index in [1.54, 1.807) is 25.1 Å². The van der Waals surface area contributed by atoms with Gasteiger partial charge in [-0.3, -0.25) is 4.79 Å². The number of phenolic OH excluding ortho intramolecular Hbond substituents is 1. The van der Waals surface area contributed by atoms with E-state index in [1.165, 1.54) is 36.4 Å². The number of methoxy groups -OCH3 is 1. The first-order valence-corrected chi connectivity index (χ1v) is 10.3. The number of amides is 1. The van der Waals surface area contributed by atoms with Crippen LogP contribution in [0, 0.1) is 0 Å². The van der Waals surface area contributed by atoms with Gasteiger partial charge < -0.3 is 9.84 Å². The van der Waals surface area contributed by atoms with Crippen molar-refractivity contribution in [3.05, 3.63) is 52.0 Å². The second-order valence-corrected chi connectivity index (χ2v) is 8.37. The highest BCUT2D eigenvalue weighted by atomic mass is 79.9. The number of aromatic hydroxyl groups is 1. The topological polar surface area (TPSA) is 122 Å². The Morgan fingerprint density at radius 3 is 2.46 bits per heavy atom. The molecule has 3 rings (SSSR count). The fraction of sp³-hybridized carbons (Fsp3) is 0.111. The first-order valence-electron chi connectivity index (χ1n) is 7.93. The Labute approximate surface area is 170 Å². The average Bonchev–Trinajstić information content (AvgIpc) is 2.92. The Hall–Kier alpha value is -2.69. The zero-order valence-electron chi connectivity index (χ0n) is 14.9. The van der Waals surface area contributed by atoms with Gasteiger partial charge in [-0.05, 0) is 70.9 Å². The molecule has 10 heteroatoms. The molecule has 1 heterocycles. The standard InChI is InChI=1S/C18H16BrN3O5S/c1-10-14(7-11-8-15(19)17(23)16(9-11)27-2)18(24)22(21-10)12-3-5-13(6-4-12)28(20,25)26/h3-9,23H,1-2H3,(H2,20,25,26)/b14-7-. The van der Waals surface area contributed by atoms with Crippen LogP contribution in [0.15, 0.2) is 56.4 Å². The number of halogens is 1. The molecular formula is C18H16BrN3O5S. The van der Waals surface area contributed by atoms with E-state index < -0.39 is 10.0 Å². The smallest absolute Gasteiger partial charge is 0.280 e. The van der Waals surface area contributed by atoms with Gasteiger partial charge in [-0.2, -0.15) is 10.1 Å². The Balaban J connectivity index is 1.95. The second kappa shape index (κ2) is 7.38. The second-order valence-electron chi connectivity index (χ2n) is 5.95. The summed E-state index contributed by atoms with van der Waals surface area (Å²) in [7, 11) is -2.39. The van der Waals surface area contributed by atoms with E-state index in [1.807, 2.05) is 0 Å². The van der Waals surface area contributed by atoms with E-state index in [0.717, 1.165) is 0 Å². The van der Waals surface area contributed by atoms with Crippen LogP contribution in [0.1, 0.15) is 12.5 Å². The summed E-state index contributed by atoms with van der Waals surface area (Å²) < 4.78 is 28.3. The van der Waals surface area contributed by atoms with Crippen LogP contribution in [0.3, 0.4) is 0 Å². The number of rotatable bonds is 4. The van der Waals surface area contributed by atoms with Gasteiger partial charge in [0.25, 0.3) is 5.91 Å². The van der Waals surface area contributed by atoms with Crippen LogP contribution in [0.5, 0.6) is 11.5 Å². The summed E-state index contributed by atoms with van der Waals surface area (Å²) in [5.74, 6) is -0.148. The Morgan fingerprint density at radius 2 is 1.89 bits per heavy atom. The maximum Gasteiger partial charge on any atom is 0.280 e. The highest BCUT2D eigenvalue weighted by molar-refractivity contribution is 9.10. The molecule has 0 spiro atoms. The molecule has 0 bridgehead atoms. The molecule has 146 valence electrons. The molecular weight excluding hydrogens is 450 g/mol.